The van der Waals surface area contributed by atoms with E-state index in [0.717, 1.165) is 53.1 Å². The average Bonchev–Trinajstić information content (AvgIpc) is 3.25. The summed E-state index contributed by atoms with van der Waals surface area (Å²) in [5, 5.41) is 11.5. The highest BCUT2D eigenvalue weighted by Gasteiger charge is 2.18. The van der Waals surface area contributed by atoms with Gasteiger partial charge in [0.25, 0.3) is 5.56 Å². The lowest BCUT2D eigenvalue weighted by Gasteiger charge is -2.09. The van der Waals surface area contributed by atoms with Crippen molar-refractivity contribution in [3.63, 3.8) is 0 Å². The fourth-order valence-electron chi connectivity index (χ4n) is 4.23. The van der Waals surface area contributed by atoms with Crippen molar-refractivity contribution in [2.45, 2.75) is 38.5 Å². The lowest BCUT2D eigenvalue weighted by molar-refractivity contribution is -0.392. The van der Waals surface area contributed by atoms with Crippen LogP contribution in [0.3, 0.4) is 0 Å². The molecular formula is C28H29N3O3S. The Morgan fingerprint density at radius 2 is 1.60 bits per heavy atom. The molecule has 0 aliphatic carbocycles. The Morgan fingerprint density at radius 3 is 2.26 bits per heavy atom. The van der Waals surface area contributed by atoms with Crippen molar-refractivity contribution in [2.75, 3.05) is 5.75 Å². The third-order valence-corrected chi connectivity index (χ3v) is 7.10. The first kappa shape index (κ1) is 24.5. The first-order valence-electron chi connectivity index (χ1n) is 11.7. The highest BCUT2D eigenvalue weighted by Crippen LogP contribution is 2.23. The van der Waals surface area contributed by atoms with Crippen LogP contribution in [0.25, 0.3) is 0 Å². The molecule has 1 N–H and O–H groups in total. The van der Waals surface area contributed by atoms with E-state index in [1.165, 1.54) is 5.56 Å². The number of hydrogen-bond acceptors (Lipinski definition) is 4. The first-order valence-corrected chi connectivity index (χ1v) is 12.9. The van der Waals surface area contributed by atoms with Gasteiger partial charge in [0.2, 0.25) is 0 Å². The molecule has 2 aromatic carbocycles. The van der Waals surface area contributed by atoms with Crippen molar-refractivity contribution in [3.8, 4) is 0 Å². The van der Waals surface area contributed by atoms with E-state index in [1.54, 1.807) is 22.4 Å². The number of hydrogen-bond donors (Lipinski definition) is 1. The SMILES string of the molecule is Cc1cc(CCSCc2ccc([N+](=O)[O-])n2Cc2ccccc2)[nH]c(=O)c1CCc1ccccc1. The molecule has 6 nitrogen and oxygen atoms in total. The molecule has 0 aliphatic rings. The van der Waals surface area contributed by atoms with Crippen LogP contribution in [0.4, 0.5) is 5.82 Å². The zero-order valence-corrected chi connectivity index (χ0v) is 20.6. The number of aromatic nitrogens is 2. The summed E-state index contributed by atoms with van der Waals surface area (Å²) in [6, 6.07) is 25.5. The molecule has 35 heavy (non-hydrogen) atoms. The van der Waals surface area contributed by atoms with Gasteiger partial charge < -0.3 is 15.1 Å². The molecule has 0 bridgehead atoms. The van der Waals surface area contributed by atoms with E-state index in [4.69, 9.17) is 0 Å². The fraction of sp³-hybridized carbons (Fsp3) is 0.250. The number of benzene rings is 2. The molecule has 2 heterocycles. The largest absolute Gasteiger partial charge is 0.358 e. The second-order valence-corrected chi connectivity index (χ2v) is 9.69. The lowest BCUT2D eigenvalue weighted by Crippen LogP contribution is -2.17. The molecule has 2 aromatic heterocycles. The smallest absolute Gasteiger partial charge is 0.323 e. The van der Waals surface area contributed by atoms with Crippen LogP contribution in [-0.4, -0.2) is 20.2 Å². The van der Waals surface area contributed by atoms with Gasteiger partial charge in [0, 0.05) is 17.3 Å². The Bertz CT molecular complexity index is 1330. The van der Waals surface area contributed by atoms with Crippen LogP contribution in [0.5, 0.6) is 0 Å². The van der Waals surface area contributed by atoms with Gasteiger partial charge in [-0.2, -0.15) is 11.8 Å². The number of pyridine rings is 1. The van der Waals surface area contributed by atoms with Gasteiger partial charge in [0.05, 0.1) is 5.75 Å². The number of nitrogens with one attached hydrogen (secondary N) is 1. The van der Waals surface area contributed by atoms with Crippen molar-refractivity contribution >= 4 is 17.6 Å². The summed E-state index contributed by atoms with van der Waals surface area (Å²) in [5.74, 6) is 1.58. The third kappa shape index (κ3) is 6.51. The molecule has 7 heteroatoms. The summed E-state index contributed by atoms with van der Waals surface area (Å²) in [5.41, 5.74) is 5.96. The van der Waals surface area contributed by atoms with E-state index in [1.807, 2.05) is 61.5 Å². The van der Waals surface area contributed by atoms with Crippen molar-refractivity contribution in [1.29, 1.82) is 0 Å². The minimum Gasteiger partial charge on any atom is -0.358 e. The van der Waals surface area contributed by atoms with Gasteiger partial charge in [-0.15, -0.1) is 0 Å². The zero-order chi connectivity index (χ0) is 24.6. The maximum atomic E-state index is 12.7. The summed E-state index contributed by atoms with van der Waals surface area (Å²) >= 11 is 1.71. The Hall–Kier alpha value is -3.58. The predicted molar refractivity (Wildman–Crippen MR) is 142 cm³/mol. The summed E-state index contributed by atoms with van der Waals surface area (Å²) in [6.07, 6.45) is 2.30. The highest BCUT2D eigenvalue weighted by molar-refractivity contribution is 7.98. The Kier molecular flexibility index (Phi) is 8.21. The molecule has 0 atom stereocenters. The Morgan fingerprint density at radius 1 is 0.914 bits per heavy atom. The number of rotatable bonds is 11. The Labute approximate surface area is 209 Å². The fourth-order valence-corrected chi connectivity index (χ4v) is 5.20. The van der Waals surface area contributed by atoms with Crippen LogP contribution in [0, 0.1) is 17.0 Å². The van der Waals surface area contributed by atoms with Gasteiger partial charge in [-0.25, -0.2) is 4.57 Å². The van der Waals surface area contributed by atoms with E-state index >= 15 is 0 Å². The molecule has 0 aliphatic heterocycles. The van der Waals surface area contributed by atoms with Crippen molar-refractivity contribution in [3.05, 3.63) is 133 Å². The number of H-pyrrole nitrogens is 1. The van der Waals surface area contributed by atoms with E-state index < -0.39 is 0 Å². The monoisotopic (exact) mass is 487 g/mol. The summed E-state index contributed by atoms with van der Waals surface area (Å²) < 4.78 is 1.77. The number of thioether (sulfide) groups is 1. The minimum absolute atomic E-state index is 0.00621. The lowest BCUT2D eigenvalue weighted by atomic mass is 10.0. The van der Waals surface area contributed by atoms with Crippen LogP contribution in [0.15, 0.2) is 83.7 Å². The maximum absolute atomic E-state index is 12.7. The quantitative estimate of drug-likeness (QED) is 0.167. The van der Waals surface area contributed by atoms with Crippen LogP contribution >= 0.6 is 11.8 Å². The topological polar surface area (TPSA) is 80.9 Å². The predicted octanol–water partition coefficient (Wildman–Crippen LogP) is 5.70. The van der Waals surface area contributed by atoms with Gasteiger partial charge in [-0.05, 0) is 65.7 Å². The Balaban J connectivity index is 1.35. The van der Waals surface area contributed by atoms with Crippen molar-refractivity contribution < 1.29 is 4.92 Å². The second kappa shape index (κ2) is 11.7. The van der Waals surface area contributed by atoms with E-state index in [-0.39, 0.29) is 16.3 Å². The molecule has 0 fully saturated rings. The first-order chi connectivity index (χ1) is 17.0. The van der Waals surface area contributed by atoms with Gasteiger partial charge in [0.15, 0.2) is 0 Å². The van der Waals surface area contributed by atoms with Gasteiger partial charge in [-0.1, -0.05) is 60.7 Å². The number of nitro groups is 1. The van der Waals surface area contributed by atoms with Crippen LogP contribution < -0.4 is 5.56 Å². The molecule has 0 unspecified atom stereocenters. The second-order valence-electron chi connectivity index (χ2n) is 8.59. The molecule has 4 rings (SSSR count). The molecule has 4 aromatic rings. The van der Waals surface area contributed by atoms with E-state index in [0.29, 0.717) is 12.3 Å². The zero-order valence-electron chi connectivity index (χ0n) is 19.8. The molecule has 0 radical (unpaired) electrons. The normalized spacial score (nSPS) is 11.0. The van der Waals surface area contributed by atoms with E-state index in [9.17, 15) is 14.9 Å². The van der Waals surface area contributed by atoms with Crippen LogP contribution in [0.2, 0.25) is 0 Å². The van der Waals surface area contributed by atoms with Crippen LogP contribution in [-0.2, 0) is 31.6 Å². The number of nitrogens with zero attached hydrogens (tertiary/aromatic N) is 2. The van der Waals surface area contributed by atoms with Crippen molar-refractivity contribution in [1.82, 2.24) is 9.55 Å². The highest BCUT2D eigenvalue weighted by atomic mass is 32.2. The molecular weight excluding hydrogens is 458 g/mol. The summed E-state index contributed by atoms with van der Waals surface area (Å²) in [4.78, 5) is 26.9. The number of aryl methyl sites for hydroxylation is 3. The summed E-state index contributed by atoms with van der Waals surface area (Å²) in [7, 11) is 0. The van der Waals surface area contributed by atoms with Crippen molar-refractivity contribution in [2.24, 2.45) is 0 Å². The van der Waals surface area contributed by atoms with Gasteiger partial charge in [-0.3, -0.25) is 4.79 Å². The molecule has 180 valence electrons. The van der Waals surface area contributed by atoms with E-state index in [2.05, 4.69) is 23.2 Å². The number of aromatic amines is 1. The molecule has 0 amide bonds. The standard InChI is InChI=1S/C28H29N3O3S/c1-21-18-24(29-28(32)26(21)14-12-22-8-4-2-5-9-22)16-17-35-20-25-13-15-27(31(33)34)30(25)19-23-10-6-3-7-11-23/h2-11,13,15,18H,12,14,16-17,19-20H2,1H3,(H,29,32). The van der Waals surface area contributed by atoms with Gasteiger partial charge in [0.1, 0.15) is 12.2 Å². The molecule has 0 spiro atoms. The van der Waals surface area contributed by atoms with Crippen LogP contribution in [0.1, 0.15) is 33.6 Å². The average molecular weight is 488 g/mol. The summed E-state index contributed by atoms with van der Waals surface area (Å²) in [6.45, 7) is 2.47. The molecule has 0 saturated carbocycles. The maximum Gasteiger partial charge on any atom is 0.323 e. The van der Waals surface area contributed by atoms with Gasteiger partial charge >= 0.3 is 5.82 Å². The third-order valence-electron chi connectivity index (χ3n) is 6.11. The molecule has 0 saturated heterocycles. The minimum atomic E-state index is -0.329.